The fourth-order valence-electron chi connectivity index (χ4n) is 6.36. The van der Waals surface area contributed by atoms with E-state index in [1.54, 1.807) is 11.3 Å². The van der Waals surface area contributed by atoms with Crippen molar-refractivity contribution in [1.29, 1.82) is 0 Å². The van der Waals surface area contributed by atoms with Gasteiger partial charge in [0.1, 0.15) is 0 Å². The summed E-state index contributed by atoms with van der Waals surface area (Å²) in [4.78, 5) is 11.5. The molecule has 0 aliphatic heterocycles. The third-order valence-corrected chi connectivity index (χ3v) is 9.57. The van der Waals surface area contributed by atoms with Crippen LogP contribution in [-0.2, 0) is 0 Å². The summed E-state index contributed by atoms with van der Waals surface area (Å²) in [6, 6.07) is 53.7. The van der Waals surface area contributed by atoms with Gasteiger partial charge in [-0.25, -0.2) is 9.97 Å². The van der Waals surface area contributed by atoms with E-state index in [2.05, 4.69) is 156 Å². The second kappa shape index (κ2) is 10.0. The number of aromatic nitrogens is 3. The normalized spacial score (nSPS) is 11.6. The van der Waals surface area contributed by atoms with Crippen molar-refractivity contribution < 1.29 is 0 Å². The first kappa shape index (κ1) is 25.0. The summed E-state index contributed by atoms with van der Waals surface area (Å²) in [5, 5.41) is 6.13. The van der Waals surface area contributed by atoms with E-state index >= 15 is 0 Å². The molecular weight excluding hydrogens is 555 g/mol. The number of benzene rings is 6. The molecular formula is C40H25N3S. The summed E-state index contributed by atoms with van der Waals surface area (Å²) in [7, 11) is 0. The van der Waals surface area contributed by atoms with Crippen molar-refractivity contribution in [2.24, 2.45) is 0 Å². The predicted octanol–water partition coefficient (Wildman–Crippen LogP) is 10.9. The van der Waals surface area contributed by atoms with Crippen LogP contribution in [0.4, 0.5) is 0 Å². The Kier molecular flexibility index (Phi) is 5.68. The first-order chi connectivity index (χ1) is 21.8. The summed E-state index contributed by atoms with van der Waals surface area (Å²) in [6.07, 6.45) is 0. The van der Waals surface area contributed by atoms with Gasteiger partial charge < -0.3 is 4.57 Å². The number of fused-ring (bicyclic) bond motifs is 5. The van der Waals surface area contributed by atoms with Crippen LogP contribution in [0, 0.1) is 0 Å². The summed E-state index contributed by atoms with van der Waals surface area (Å²) in [6.45, 7) is 0. The first-order valence-electron chi connectivity index (χ1n) is 14.8. The van der Waals surface area contributed by atoms with Crippen molar-refractivity contribution in [2.45, 2.75) is 0 Å². The van der Waals surface area contributed by atoms with E-state index in [1.807, 2.05) is 0 Å². The van der Waals surface area contributed by atoms with Crippen LogP contribution < -0.4 is 0 Å². The van der Waals surface area contributed by atoms with E-state index in [9.17, 15) is 0 Å². The third-order valence-electron chi connectivity index (χ3n) is 8.43. The molecule has 3 aromatic heterocycles. The van der Waals surface area contributed by atoms with Crippen molar-refractivity contribution in [2.75, 3.05) is 0 Å². The molecule has 0 saturated carbocycles. The molecule has 0 fully saturated rings. The van der Waals surface area contributed by atoms with E-state index in [0.29, 0.717) is 0 Å². The molecule has 0 radical (unpaired) electrons. The minimum Gasteiger partial charge on any atom is -0.309 e. The molecule has 9 rings (SSSR count). The van der Waals surface area contributed by atoms with Crippen LogP contribution in [0.1, 0.15) is 0 Å². The maximum absolute atomic E-state index is 5.18. The van der Waals surface area contributed by atoms with Crippen LogP contribution in [0.5, 0.6) is 0 Å². The maximum Gasteiger partial charge on any atom is 0.160 e. The van der Waals surface area contributed by atoms with E-state index in [0.717, 1.165) is 38.9 Å². The van der Waals surface area contributed by atoms with Crippen molar-refractivity contribution in [3.05, 3.63) is 152 Å². The van der Waals surface area contributed by atoms with Crippen LogP contribution in [0.15, 0.2) is 152 Å². The Bertz CT molecular complexity index is 2410. The highest BCUT2D eigenvalue weighted by Gasteiger charge is 2.16. The molecule has 9 aromatic rings. The summed E-state index contributed by atoms with van der Waals surface area (Å²) >= 11 is 1.77. The first-order valence-corrected chi connectivity index (χ1v) is 15.6. The summed E-state index contributed by atoms with van der Waals surface area (Å²) in [5.41, 5.74) is 7.46. The average Bonchev–Trinajstić information content (AvgIpc) is 3.68. The van der Waals surface area contributed by atoms with Crippen LogP contribution in [-0.4, -0.2) is 14.5 Å². The molecule has 0 unspecified atom stereocenters. The Balaban J connectivity index is 1.22. The van der Waals surface area contributed by atoms with Crippen LogP contribution >= 0.6 is 11.3 Å². The zero-order chi connectivity index (χ0) is 29.0. The molecule has 0 aliphatic rings. The van der Waals surface area contributed by atoms with E-state index in [4.69, 9.17) is 9.97 Å². The molecule has 6 aromatic carbocycles. The van der Waals surface area contributed by atoms with Crippen LogP contribution in [0.25, 0.3) is 81.6 Å². The Hall–Kier alpha value is -5.58. The van der Waals surface area contributed by atoms with E-state index in [-0.39, 0.29) is 0 Å². The Labute approximate surface area is 258 Å². The highest BCUT2D eigenvalue weighted by Crippen LogP contribution is 2.37. The molecule has 0 atom stereocenters. The van der Waals surface area contributed by atoms with Gasteiger partial charge in [0, 0.05) is 32.3 Å². The zero-order valence-electron chi connectivity index (χ0n) is 23.7. The fourth-order valence-corrected chi connectivity index (χ4v) is 7.38. The lowest BCUT2D eigenvalue weighted by Crippen LogP contribution is -1.97. The SMILES string of the molecule is c1ccc2sc(-c3cc(-c4cccc5ccccc45)nc(-c4ccc(-n5c6ccccc6c6ccccc65)cc4)n3)cc2c1. The highest BCUT2D eigenvalue weighted by atomic mass is 32.1. The Morgan fingerprint density at radius 2 is 1.09 bits per heavy atom. The minimum atomic E-state index is 0.719. The Morgan fingerprint density at radius 1 is 0.477 bits per heavy atom. The van der Waals surface area contributed by atoms with Crippen LogP contribution in [0.2, 0.25) is 0 Å². The lowest BCUT2D eigenvalue weighted by Gasteiger charge is -2.12. The van der Waals surface area contributed by atoms with Gasteiger partial charge in [-0.2, -0.15) is 0 Å². The molecule has 0 N–H and O–H groups in total. The second-order valence-electron chi connectivity index (χ2n) is 11.1. The third kappa shape index (κ3) is 4.03. The van der Waals surface area contributed by atoms with Gasteiger partial charge in [0.25, 0.3) is 0 Å². The number of rotatable bonds is 4. The second-order valence-corrected chi connectivity index (χ2v) is 12.1. The standard InChI is InChI=1S/C40H25N3S/c1-3-13-30-26(10-1)12-9-16-31(30)34-25-35(39-24-28-11-2-8-19-38(28)44-39)42-40(41-34)27-20-22-29(23-21-27)43-36-17-6-4-14-32(36)33-15-5-7-18-37(33)43/h1-25H. The lowest BCUT2D eigenvalue weighted by atomic mass is 10.0. The molecule has 3 nitrogen and oxygen atoms in total. The number of nitrogens with zero attached hydrogens (tertiary/aromatic N) is 3. The molecule has 0 saturated heterocycles. The van der Waals surface area contributed by atoms with Crippen molar-refractivity contribution in [1.82, 2.24) is 14.5 Å². The molecule has 0 bridgehead atoms. The quantitative estimate of drug-likeness (QED) is 0.208. The topological polar surface area (TPSA) is 30.7 Å². The van der Waals surface area contributed by atoms with Gasteiger partial charge in [0.2, 0.25) is 0 Å². The van der Waals surface area contributed by atoms with Gasteiger partial charge in [-0.1, -0.05) is 97.1 Å². The molecule has 4 heteroatoms. The molecule has 0 aliphatic carbocycles. The van der Waals surface area contributed by atoms with Gasteiger partial charge in [-0.3, -0.25) is 0 Å². The number of hydrogen-bond donors (Lipinski definition) is 0. The smallest absolute Gasteiger partial charge is 0.160 e. The van der Waals surface area contributed by atoms with Gasteiger partial charge >= 0.3 is 0 Å². The molecule has 3 heterocycles. The van der Waals surface area contributed by atoms with Gasteiger partial charge in [0.05, 0.1) is 27.3 Å². The number of para-hydroxylation sites is 2. The van der Waals surface area contributed by atoms with E-state index < -0.39 is 0 Å². The van der Waals surface area contributed by atoms with Crippen molar-refractivity contribution >= 4 is 54.0 Å². The predicted molar refractivity (Wildman–Crippen MR) is 186 cm³/mol. The molecule has 0 spiro atoms. The maximum atomic E-state index is 5.18. The van der Waals surface area contributed by atoms with E-state index in [1.165, 1.54) is 42.7 Å². The zero-order valence-corrected chi connectivity index (χ0v) is 24.5. The minimum absolute atomic E-state index is 0.719. The fraction of sp³-hybridized carbons (Fsp3) is 0. The largest absolute Gasteiger partial charge is 0.309 e. The highest BCUT2D eigenvalue weighted by molar-refractivity contribution is 7.22. The molecule has 206 valence electrons. The lowest BCUT2D eigenvalue weighted by molar-refractivity contribution is 1.17. The monoisotopic (exact) mass is 579 g/mol. The number of thiophene rings is 1. The number of hydrogen-bond acceptors (Lipinski definition) is 3. The van der Waals surface area contributed by atoms with Crippen LogP contribution in [0.3, 0.4) is 0 Å². The average molecular weight is 580 g/mol. The van der Waals surface area contributed by atoms with Gasteiger partial charge in [-0.15, -0.1) is 11.3 Å². The molecule has 0 amide bonds. The van der Waals surface area contributed by atoms with Crippen molar-refractivity contribution in [3.8, 4) is 38.9 Å². The van der Waals surface area contributed by atoms with Gasteiger partial charge in [0.15, 0.2) is 5.82 Å². The van der Waals surface area contributed by atoms with Gasteiger partial charge in [-0.05, 0) is 70.8 Å². The molecule has 44 heavy (non-hydrogen) atoms. The summed E-state index contributed by atoms with van der Waals surface area (Å²) < 4.78 is 3.59. The Morgan fingerprint density at radius 3 is 1.84 bits per heavy atom. The van der Waals surface area contributed by atoms with Crippen molar-refractivity contribution in [3.63, 3.8) is 0 Å². The summed E-state index contributed by atoms with van der Waals surface area (Å²) in [5.74, 6) is 0.719.